The van der Waals surface area contributed by atoms with E-state index in [1.54, 1.807) is 0 Å². The van der Waals surface area contributed by atoms with Crippen molar-refractivity contribution in [1.29, 1.82) is 0 Å². The van der Waals surface area contributed by atoms with E-state index in [1.165, 1.54) is 0 Å². The molecule has 0 saturated carbocycles. The van der Waals surface area contributed by atoms with Gasteiger partial charge in [0.25, 0.3) is 0 Å². The molecule has 0 spiro atoms. The Kier molecular flexibility index (Phi) is 1.11. The van der Waals surface area contributed by atoms with Crippen molar-refractivity contribution in [1.82, 2.24) is 10.5 Å². The van der Waals surface area contributed by atoms with Crippen molar-refractivity contribution in [2.45, 2.75) is 6.04 Å². The minimum atomic E-state index is 0.282. The van der Waals surface area contributed by atoms with Crippen LogP contribution in [0.5, 0.6) is 0 Å². The van der Waals surface area contributed by atoms with Crippen molar-refractivity contribution in [2.24, 2.45) is 5.10 Å². The molecular formula is C7H8N3. The number of likely N-dealkylation sites (N-methyl/N-ethyl adjacent to an activating group) is 1. The molecule has 51 valence electrons. The van der Waals surface area contributed by atoms with Gasteiger partial charge in [-0.1, -0.05) is 23.8 Å². The van der Waals surface area contributed by atoms with Crippen LogP contribution in [-0.4, -0.2) is 23.8 Å². The Balaban J connectivity index is 2.30. The lowest BCUT2D eigenvalue weighted by atomic mass is 10.1. The second kappa shape index (κ2) is 1.95. The lowest BCUT2D eigenvalue weighted by molar-refractivity contribution is 0.255. The van der Waals surface area contributed by atoms with Gasteiger partial charge >= 0.3 is 0 Å². The summed E-state index contributed by atoms with van der Waals surface area (Å²) in [7, 11) is 1.92. The van der Waals surface area contributed by atoms with E-state index in [1.807, 2.05) is 30.3 Å². The maximum absolute atomic E-state index is 3.97. The van der Waals surface area contributed by atoms with Crippen molar-refractivity contribution >= 4 is 5.71 Å². The molecule has 1 radical (unpaired) electrons. The van der Waals surface area contributed by atoms with Crippen molar-refractivity contribution < 1.29 is 0 Å². The smallest absolute Gasteiger partial charge is 0.0950 e. The van der Waals surface area contributed by atoms with Crippen LogP contribution < -0.4 is 5.53 Å². The molecule has 0 saturated heterocycles. The van der Waals surface area contributed by atoms with Gasteiger partial charge in [0, 0.05) is 7.05 Å². The fraction of sp³-hybridized carbons (Fsp3) is 0.286. The van der Waals surface area contributed by atoms with Crippen LogP contribution in [0.2, 0.25) is 0 Å². The number of allylic oxidation sites excluding steroid dienone is 2. The van der Waals surface area contributed by atoms with E-state index < -0.39 is 0 Å². The second-order valence-electron chi connectivity index (χ2n) is 2.38. The predicted octanol–water partition coefficient (Wildman–Crippen LogP) is 0.302. The molecule has 3 nitrogen and oxygen atoms in total. The number of nitrogens with zero attached hydrogens (tertiary/aromatic N) is 3. The molecule has 10 heavy (non-hydrogen) atoms. The summed E-state index contributed by atoms with van der Waals surface area (Å²) in [5, 5.41) is 5.81. The quantitative estimate of drug-likeness (QED) is 0.468. The summed E-state index contributed by atoms with van der Waals surface area (Å²) in [5.74, 6) is 0. The van der Waals surface area contributed by atoms with E-state index >= 15 is 0 Å². The van der Waals surface area contributed by atoms with Crippen LogP contribution in [0.15, 0.2) is 29.4 Å². The molecule has 0 fully saturated rings. The highest BCUT2D eigenvalue weighted by Crippen LogP contribution is 2.11. The summed E-state index contributed by atoms with van der Waals surface area (Å²) in [5.41, 5.74) is 4.93. The summed E-state index contributed by atoms with van der Waals surface area (Å²) >= 11 is 0. The summed E-state index contributed by atoms with van der Waals surface area (Å²) in [6, 6.07) is 0.282. The monoisotopic (exact) mass is 134 g/mol. The van der Waals surface area contributed by atoms with E-state index in [9.17, 15) is 0 Å². The van der Waals surface area contributed by atoms with Gasteiger partial charge in [0.2, 0.25) is 0 Å². The van der Waals surface area contributed by atoms with Gasteiger partial charge in [0.1, 0.15) is 0 Å². The Labute approximate surface area is 59.7 Å². The fourth-order valence-electron chi connectivity index (χ4n) is 1.11. The molecule has 0 amide bonds. The number of hydrogen-bond acceptors (Lipinski definition) is 2. The van der Waals surface area contributed by atoms with Crippen LogP contribution in [0.25, 0.3) is 0 Å². The Hall–Kier alpha value is -1.09. The zero-order valence-corrected chi connectivity index (χ0v) is 5.73. The summed E-state index contributed by atoms with van der Waals surface area (Å²) < 4.78 is 0. The first kappa shape index (κ1) is 5.68. The van der Waals surface area contributed by atoms with Crippen LogP contribution in [-0.2, 0) is 0 Å². The molecule has 0 bridgehead atoms. The fourth-order valence-corrected chi connectivity index (χ4v) is 1.11. The summed E-state index contributed by atoms with van der Waals surface area (Å²) in [6.07, 6.45) is 8.05. The van der Waals surface area contributed by atoms with Crippen LogP contribution in [0.1, 0.15) is 0 Å². The van der Waals surface area contributed by atoms with E-state index in [0.29, 0.717) is 0 Å². The molecule has 2 aliphatic rings. The normalized spacial score (nSPS) is 29.7. The lowest BCUT2D eigenvalue weighted by Gasteiger charge is -2.13. The van der Waals surface area contributed by atoms with Gasteiger partial charge in [0.05, 0.1) is 11.8 Å². The molecule has 1 atom stereocenters. The Morgan fingerprint density at radius 3 is 3.20 bits per heavy atom. The molecule has 2 rings (SSSR count). The summed E-state index contributed by atoms with van der Waals surface area (Å²) in [4.78, 5) is 0. The van der Waals surface area contributed by atoms with Gasteiger partial charge in [-0.2, -0.15) is 5.01 Å². The molecule has 1 aliphatic carbocycles. The maximum Gasteiger partial charge on any atom is 0.0950 e. The van der Waals surface area contributed by atoms with Crippen LogP contribution >= 0.6 is 0 Å². The van der Waals surface area contributed by atoms with Crippen LogP contribution in [0.3, 0.4) is 0 Å². The van der Waals surface area contributed by atoms with Crippen molar-refractivity contribution in [3.8, 4) is 0 Å². The first-order valence-corrected chi connectivity index (χ1v) is 3.24. The summed E-state index contributed by atoms with van der Waals surface area (Å²) in [6.45, 7) is 0. The van der Waals surface area contributed by atoms with Crippen molar-refractivity contribution in [3.63, 3.8) is 0 Å². The van der Waals surface area contributed by atoms with Gasteiger partial charge in [-0.3, -0.25) is 0 Å². The maximum atomic E-state index is 3.97. The van der Waals surface area contributed by atoms with Crippen LogP contribution in [0, 0.1) is 0 Å². The van der Waals surface area contributed by atoms with Gasteiger partial charge < -0.3 is 0 Å². The highest BCUT2D eigenvalue weighted by molar-refractivity contribution is 6.02. The number of hydrogen-bond donors (Lipinski definition) is 0. The zero-order chi connectivity index (χ0) is 6.97. The third-order valence-electron chi connectivity index (χ3n) is 1.68. The van der Waals surface area contributed by atoms with Gasteiger partial charge in [-0.05, 0) is 6.08 Å². The average molecular weight is 134 g/mol. The van der Waals surface area contributed by atoms with E-state index in [2.05, 4.69) is 16.7 Å². The SMILES string of the molecule is CN1[N]N=C2C=CC=CC21. The Morgan fingerprint density at radius 2 is 2.40 bits per heavy atom. The minimum Gasteiger partial charge on any atom is -0.172 e. The molecule has 0 N–H and O–H groups in total. The first-order chi connectivity index (χ1) is 4.88. The Bertz CT molecular complexity index is 227. The first-order valence-electron chi connectivity index (χ1n) is 3.24. The molecule has 0 aromatic heterocycles. The standard InChI is InChI=1S/C7H8N3/c1-10-7-5-3-2-4-6(7)8-9-10/h2-5,7H,1H3. The van der Waals surface area contributed by atoms with Gasteiger partial charge in [0.15, 0.2) is 0 Å². The molecule has 1 aliphatic heterocycles. The number of rotatable bonds is 0. The topological polar surface area (TPSA) is 29.7 Å². The molecule has 3 heteroatoms. The third-order valence-corrected chi connectivity index (χ3v) is 1.68. The van der Waals surface area contributed by atoms with E-state index in [-0.39, 0.29) is 6.04 Å². The molecule has 0 aromatic carbocycles. The van der Waals surface area contributed by atoms with Crippen LogP contribution in [0.4, 0.5) is 0 Å². The second-order valence-corrected chi connectivity index (χ2v) is 2.38. The zero-order valence-electron chi connectivity index (χ0n) is 5.73. The molecule has 1 heterocycles. The van der Waals surface area contributed by atoms with Crippen molar-refractivity contribution in [2.75, 3.05) is 7.05 Å². The highest BCUT2D eigenvalue weighted by atomic mass is 15.7. The largest absolute Gasteiger partial charge is 0.172 e. The predicted molar refractivity (Wildman–Crippen MR) is 39.4 cm³/mol. The third kappa shape index (κ3) is 0.675. The van der Waals surface area contributed by atoms with Gasteiger partial charge in [-0.15, -0.1) is 5.10 Å². The number of fused-ring (bicyclic) bond motifs is 1. The van der Waals surface area contributed by atoms with E-state index in [0.717, 1.165) is 5.71 Å². The molecule has 0 aromatic rings. The lowest BCUT2D eigenvalue weighted by Crippen LogP contribution is -2.32. The molecular weight excluding hydrogens is 126 g/mol. The van der Waals surface area contributed by atoms with Gasteiger partial charge in [-0.25, -0.2) is 0 Å². The average Bonchev–Trinajstić information content (AvgIpc) is 2.34. The minimum absolute atomic E-state index is 0.282. The molecule has 1 unspecified atom stereocenters. The Morgan fingerprint density at radius 1 is 1.50 bits per heavy atom. The highest BCUT2D eigenvalue weighted by Gasteiger charge is 2.24. The van der Waals surface area contributed by atoms with E-state index in [4.69, 9.17) is 0 Å². The van der Waals surface area contributed by atoms with Crippen molar-refractivity contribution in [3.05, 3.63) is 24.3 Å².